The van der Waals surface area contributed by atoms with Gasteiger partial charge in [-0.25, -0.2) is 4.79 Å². The molecular formula is C12H13NO4. The number of methoxy groups -OCH3 is 1. The van der Waals surface area contributed by atoms with Crippen LogP contribution in [0.4, 0.5) is 5.69 Å². The van der Waals surface area contributed by atoms with E-state index in [0.29, 0.717) is 5.56 Å². The van der Waals surface area contributed by atoms with Crippen molar-refractivity contribution in [1.29, 1.82) is 0 Å². The highest BCUT2D eigenvalue weighted by molar-refractivity contribution is 5.95. The number of hydrogen-bond acceptors (Lipinski definition) is 4. The molecule has 0 fully saturated rings. The van der Waals surface area contributed by atoms with Crippen LogP contribution in [0.25, 0.3) is 6.08 Å². The smallest absolute Gasteiger partial charge is 0.337 e. The second-order valence-electron chi connectivity index (χ2n) is 3.30. The molecule has 0 aromatic heterocycles. The van der Waals surface area contributed by atoms with Gasteiger partial charge in [-0.15, -0.1) is 0 Å². The maximum atomic E-state index is 10.9. The van der Waals surface area contributed by atoms with Crippen molar-refractivity contribution in [2.75, 3.05) is 12.8 Å². The van der Waals surface area contributed by atoms with Gasteiger partial charge >= 0.3 is 11.9 Å². The number of hydrogen-bond donors (Lipinski definition) is 2. The van der Waals surface area contributed by atoms with Crippen LogP contribution in [-0.4, -0.2) is 24.2 Å². The third-order valence-electron chi connectivity index (χ3n) is 2.18. The summed E-state index contributed by atoms with van der Waals surface area (Å²) in [4.78, 5) is 21.7. The first-order valence-electron chi connectivity index (χ1n) is 4.91. The number of rotatable bonds is 4. The molecule has 1 aromatic carbocycles. The molecule has 0 amide bonds. The minimum atomic E-state index is -1.08. The summed E-state index contributed by atoms with van der Waals surface area (Å²) in [5.41, 5.74) is 6.48. The van der Waals surface area contributed by atoms with Crippen molar-refractivity contribution in [2.24, 2.45) is 0 Å². The number of aromatic carboxylic acids is 1. The molecule has 0 bridgehead atoms. The lowest BCUT2D eigenvalue weighted by Crippen LogP contribution is -2.03. The van der Waals surface area contributed by atoms with E-state index in [1.54, 1.807) is 24.3 Å². The van der Waals surface area contributed by atoms with E-state index in [4.69, 9.17) is 10.8 Å². The second-order valence-corrected chi connectivity index (χ2v) is 3.30. The van der Waals surface area contributed by atoms with Gasteiger partial charge in [-0.1, -0.05) is 24.3 Å². The molecule has 0 saturated heterocycles. The van der Waals surface area contributed by atoms with Crippen molar-refractivity contribution >= 4 is 23.7 Å². The number of nitrogen functional groups attached to an aromatic ring is 1. The zero-order valence-electron chi connectivity index (χ0n) is 9.34. The molecule has 0 saturated carbocycles. The SMILES string of the molecule is COC(=O)CC=Cc1cccc(C(=O)O)c1N. The minimum absolute atomic E-state index is 0.0465. The van der Waals surface area contributed by atoms with Gasteiger partial charge in [-0.05, 0) is 11.6 Å². The predicted molar refractivity (Wildman–Crippen MR) is 63.5 cm³/mol. The Kier molecular flexibility index (Phi) is 4.28. The standard InChI is InChI=1S/C12H13NO4/c1-17-10(14)7-3-5-8-4-2-6-9(11(8)13)12(15)16/h2-6H,7,13H2,1H3,(H,15,16). The van der Waals surface area contributed by atoms with Crippen molar-refractivity contribution in [3.05, 3.63) is 35.4 Å². The fourth-order valence-corrected chi connectivity index (χ4v) is 1.28. The summed E-state index contributed by atoms with van der Waals surface area (Å²) < 4.78 is 4.46. The molecule has 5 nitrogen and oxygen atoms in total. The molecule has 3 N–H and O–H groups in total. The quantitative estimate of drug-likeness (QED) is 0.610. The number of para-hydroxylation sites is 1. The van der Waals surface area contributed by atoms with E-state index in [1.807, 2.05) is 0 Å². The Bertz CT molecular complexity index is 466. The van der Waals surface area contributed by atoms with Gasteiger partial charge in [0.15, 0.2) is 0 Å². The summed E-state index contributed by atoms with van der Waals surface area (Å²) in [6.45, 7) is 0. The Balaban J connectivity index is 2.89. The summed E-state index contributed by atoms with van der Waals surface area (Å²) in [5, 5.41) is 8.86. The van der Waals surface area contributed by atoms with Crippen LogP contribution in [0.15, 0.2) is 24.3 Å². The average molecular weight is 235 g/mol. The van der Waals surface area contributed by atoms with Gasteiger partial charge in [0.1, 0.15) is 0 Å². The van der Waals surface area contributed by atoms with E-state index in [0.717, 1.165) is 0 Å². The van der Waals surface area contributed by atoms with Crippen LogP contribution in [0.5, 0.6) is 0 Å². The first kappa shape index (κ1) is 12.8. The van der Waals surface area contributed by atoms with Gasteiger partial charge < -0.3 is 15.6 Å². The van der Waals surface area contributed by atoms with Crippen molar-refractivity contribution in [3.8, 4) is 0 Å². The van der Waals surface area contributed by atoms with Gasteiger partial charge in [0.05, 0.1) is 24.8 Å². The average Bonchev–Trinajstić information content (AvgIpc) is 2.30. The van der Waals surface area contributed by atoms with Crippen LogP contribution < -0.4 is 5.73 Å². The van der Waals surface area contributed by atoms with Crippen molar-refractivity contribution in [1.82, 2.24) is 0 Å². The van der Waals surface area contributed by atoms with Crippen LogP contribution in [0, 0.1) is 0 Å². The van der Waals surface area contributed by atoms with Crippen LogP contribution in [-0.2, 0) is 9.53 Å². The van der Waals surface area contributed by atoms with Gasteiger partial charge in [0.2, 0.25) is 0 Å². The van der Waals surface area contributed by atoms with E-state index >= 15 is 0 Å². The first-order chi connectivity index (χ1) is 8.06. The van der Waals surface area contributed by atoms with E-state index < -0.39 is 5.97 Å². The maximum Gasteiger partial charge on any atom is 0.337 e. The third kappa shape index (κ3) is 3.34. The molecule has 0 unspecified atom stereocenters. The number of nitrogens with two attached hydrogens (primary N) is 1. The Morgan fingerprint density at radius 3 is 2.76 bits per heavy atom. The lowest BCUT2D eigenvalue weighted by molar-refractivity contribution is -0.139. The molecule has 0 radical (unpaired) electrons. The third-order valence-corrected chi connectivity index (χ3v) is 2.18. The van der Waals surface area contributed by atoms with Gasteiger partial charge in [-0.2, -0.15) is 0 Å². The van der Waals surface area contributed by atoms with Crippen molar-refractivity contribution in [3.63, 3.8) is 0 Å². The molecule has 1 aromatic rings. The number of carboxylic acids is 1. The number of carbonyl (C=O) groups excluding carboxylic acids is 1. The molecule has 0 spiro atoms. The first-order valence-corrected chi connectivity index (χ1v) is 4.91. The van der Waals surface area contributed by atoms with Gasteiger partial charge in [-0.3, -0.25) is 4.79 Å². The van der Waals surface area contributed by atoms with Crippen molar-refractivity contribution < 1.29 is 19.4 Å². The summed E-state index contributed by atoms with van der Waals surface area (Å²) in [5.74, 6) is -1.44. The van der Waals surface area contributed by atoms with Gasteiger partial charge in [0, 0.05) is 0 Å². The van der Waals surface area contributed by atoms with Crippen LogP contribution in [0.2, 0.25) is 0 Å². The summed E-state index contributed by atoms with van der Waals surface area (Å²) in [6, 6.07) is 4.70. The predicted octanol–water partition coefficient (Wildman–Crippen LogP) is 1.54. The molecule has 17 heavy (non-hydrogen) atoms. The summed E-state index contributed by atoms with van der Waals surface area (Å²) in [6.07, 6.45) is 3.29. The van der Waals surface area contributed by atoms with E-state index in [1.165, 1.54) is 13.2 Å². The minimum Gasteiger partial charge on any atom is -0.478 e. The number of anilines is 1. The molecule has 0 atom stereocenters. The molecule has 0 aliphatic carbocycles. The largest absolute Gasteiger partial charge is 0.478 e. The number of esters is 1. The number of ether oxygens (including phenoxy) is 1. The normalized spacial score (nSPS) is 10.4. The fraction of sp³-hybridized carbons (Fsp3) is 0.167. The van der Waals surface area contributed by atoms with Crippen LogP contribution in [0.1, 0.15) is 22.3 Å². The van der Waals surface area contributed by atoms with Gasteiger partial charge in [0.25, 0.3) is 0 Å². The Hall–Kier alpha value is -2.30. The molecule has 5 heteroatoms. The monoisotopic (exact) mass is 235 g/mol. The van der Waals surface area contributed by atoms with E-state index in [9.17, 15) is 9.59 Å². The summed E-state index contributed by atoms with van der Waals surface area (Å²) in [7, 11) is 1.30. The summed E-state index contributed by atoms with van der Waals surface area (Å²) >= 11 is 0. The number of benzene rings is 1. The molecule has 0 aliphatic rings. The van der Waals surface area contributed by atoms with Crippen LogP contribution >= 0.6 is 0 Å². The Morgan fingerprint density at radius 2 is 2.18 bits per heavy atom. The van der Waals surface area contributed by atoms with E-state index in [2.05, 4.69) is 4.74 Å². The fourth-order valence-electron chi connectivity index (χ4n) is 1.28. The topological polar surface area (TPSA) is 89.6 Å². The molecular weight excluding hydrogens is 222 g/mol. The molecule has 90 valence electrons. The van der Waals surface area contributed by atoms with E-state index in [-0.39, 0.29) is 23.6 Å². The maximum absolute atomic E-state index is 10.9. The van der Waals surface area contributed by atoms with Crippen LogP contribution in [0.3, 0.4) is 0 Å². The number of carbonyl (C=O) groups is 2. The zero-order chi connectivity index (χ0) is 12.8. The van der Waals surface area contributed by atoms with Crippen molar-refractivity contribution in [2.45, 2.75) is 6.42 Å². The lowest BCUT2D eigenvalue weighted by atomic mass is 10.1. The highest BCUT2D eigenvalue weighted by Crippen LogP contribution is 2.19. The lowest BCUT2D eigenvalue weighted by Gasteiger charge is -2.04. The molecule has 0 aliphatic heterocycles. The number of carboxylic acid groups (broad SMARTS) is 1. The Morgan fingerprint density at radius 1 is 1.47 bits per heavy atom. The second kappa shape index (κ2) is 5.69. The highest BCUT2D eigenvalue weighted by Gasteiger charge is 2.09. The zero-order valence-corrected chi connectivity index (χ0v) is 9.34. The Labute approximate surface area is 98.5 Å². The molecule has 0 heterocycles. The highest BCUT2D eigenvalue weighted by atomic mass is 16.5. The molecule has 1 rings (SSSR count).